The lowest BCUT2D eigenvalue weighted by Gasteiger charge is -2.09. The molecule has 106 valence electrons. The molecule has 1 aromatic rings. The van der Waals surface area contributed by atoms with Crippen molar-refractivity contribution in [3.63, 3.8) is 0 Å². The summed E-state index contributed by atoms with van der Waals surface area (Å²) in [4.78, 5) is 23.7. The quantitative estimate of drug-likeness (QED) is 0.827. The van der Waals surface area contributed by atoms with Gasteiger partial charge in [-0.25, -0.2) is 0 Å². The first kappa shape index (κ1) is 12.9. The van der Waals surface area contributed by atoms with E-state index in [1.807, 2.05) is 0 Å². The maximum atomic E-state index is 12.0. The molecular weight excluding hydrogens is 262 g/mol. The molecular formula is C14H15NO5. The Bertz CT molecular complexity index is 536. The lowest BCUT2D eigenvalue weighted by Crippen LogP contribution is -2.37. The maximum absolute atomic E-state index is 12.0. The summed E-state index contributed by atoms with van der Waals surface area (Å²) in [7, 11) is 0. The predicted octanol–water partition coefficient (Wildman–Crippen LogP) is 0.893. The zero-order valence-electron chi connectivity index (χ0n) is 10.9. The number of ether oxygens (including phenoxy) is 3. The standard InChI is InChI=1S/C14H15NO5/c16-10(7-15-14(17)12-2-1-5-18-12)9-3-4-11-13(6-9)20-8-19-11/h3-4,6,12H,1-2,5,7-8H2,(H,15,17). The van der Waals surface area contributed by atoms with Gasteiger partial charge in [0.1, 0.15) is 6.10 Å². The molecule has 2 heterocycles. The Hall–Kier alpha value is -2.08. The van der Waals surface area contributed by atoms with Crippen molar-refractivity contribution in [2.45, 2.75) is 18.9 Å². The van der Waals surface area contributed by atoms with Crippen LogP contribution in [-0.2, 0) is 9.53 Å². The third kappa shape index (κ3) is 2.60. The van der Waals surface area contributed by atoms with Crippen LogP contribution in [0.4, 0.5) is 0 Å². The Morgan fingerprint density at radius 1 is 1.25 bits per heavy atom. The van der Waals surface area contributed by atoms with E-state index in [0.29, 0.717) is 30.1 Å². The highest BCUT2D eigenvalue weighted by molar-refractivity contribution is 6.00. The first-order chi connectivity index (χ1) is 9.74. The highest BCUT2D eigenvalue weighted by Crippen LogP contribution is 2.32. The Morgan fingerprint density at radius 3 is 2.90 bits per heavy atom. The number of carbonyl (C=O) groups is 2. The van der Waals surface area contributed by atoms with Gasteiger partial charge >= 0.3 is 0 Å². The third-order valence-electron chi connectivity index (χ3n) is 3.34. The molecule has 1 fully saturated rings. The minimum Gasteiger partial charge on any atom is -0.454 e. The molecule has 0 aromatic heterocycles. The van der Waals surface area contributed by atoms with Gasteiger partial charge < -0.3 is 19.5 Å². The molecule has 1 unspecified atom stereocenters. The molecule has 0 aliphatic carbocycles. The van der Waals surface area contributed by atoms with Crippen LogP contribution in [0.2, 0.25) is 0 Å². The summed E-state index contributed by atoms with van der Waals surface area (Å²) in [6, 6.07) is 4.98. The summed E-state index contributed by atoms with van der Waals surface area (Å²) in [5, 5.41) is 2.61. The number of hydrogen-bond donors (Lipinski definition) is 1. The van der Waals surface area contributed by atoms with Gasteiger partial charge in [0.25, 0.3) is 0 Å². The number of fused-ring (bicyclic) bond motifs is 1. The SMILES string of the molecule is O=C(CNC(=O)C1CCCO1)c1ccc2c(c1)OCO2. The van der Waals surface area contributed by atoms with E-state index in [-0.39, 0.29) is 25.0 Å². The Morgan fingerprint density at radius 2 is 2.10 bits per heavy atom. The van der Waals surface area contributed by atoms with Gasteiger partial charge in [-0.05, 0) is 31.0 Å². The van der Waals surface area contributed by atoms with E-state index in [1.165, 1.54) is 0 Å². The van der Waals surface area contributed by atoms with Crippen molar-refractivity contribution in [3.05, 3.63) is 23.8 Å². The van der Waals surface area contributed by atoms with E-state index in [4.69, 9.17) is 14.2 Å². The fourth-order valence-electron chi connectivity index (χ4n) is 2.24. The number of carbonyl (C=O) groups excluding carboxylic acids is 2. The number of nitrogens with one attached hydrogen (secondary N) is 1. The fraction of sp³-hybridized carbons (Fsp3) is 0.429. The van der Waals surface area contributed by atoms with Crippen LogP contribution in [0.5, 0.6) is 11.5 Å². The van der Waals surface area contributed by atoms with Crippen molar-refractivity contribution in [2.75, 3.05) is 19.9 Å². The number of Topliss-reactive ketones (excluding diaryl/α,β-unsaturated/α-hetero) is 1. The smallest absolute Gasteiger partial charge is 0.249 e. The Balaban J connectivity index is 1.57. The van der Waals surface area contributed by atoms with Crippen molar-refractivity contribution >= 4 is 11.7 Å². The second-order valence-corrected chi connectivity index (χ2v) is 4.71. The number of benzene rings is 1. The molecule has 0 saturated carbocycles. The van der Waals surface area contributed by atoms with Crippen LogP contribution < -0.4 is 14.8 Å². The third-order valence-corrected chi connectivity index (χ3v) is 3.34. The van der Waals surface area contributed by atoms with Crippen molar-refractivity contribution in [1.82, 2.24) is 5.32 Å². The van der Waals surface area contributed by atoms with Gasteiger partial charge in [-0.1, -0.05) is 0 Å². The van der Waals surface area contributed by atoms with Gasteiger partial charge in [-0.3, -0.25) is 9.59 Å². The molecule has 20 heavy (non-hydrogen) atoms. The van der Waals surface area contributed by atoms with E-state index >= 15 is 0 Å². The zero-order valence-corrected chi connectivity index (χ0v) is 10.9. The van der Waals surface area contributed by atoms with Crippen LogP contribution >= 0.6 is 0 Å². The Kier molecular flexibility index (Phi) is 3.56. The largest absolute Gasteiger partial charge is 0.454 e. The number of hydrogen-bond acceptors (Lipinski definition) is 5. The van der Waals surface area contributed by atoms with Gasteiger partial charge in [-0.15, -0.1) is 0 Å². The molecule has 1 N–H and O–H groups in total. The van der Waals surface area contributed by atoms with Crippen molar-refractivity contribution in [2.24, 2.45) is 0 Å². The molecule has 2 aliphatic rings. The monoisotopic (exact) mass is 277 g/mol. The summed E-state index contributed by atoms with van der Waals surface area (Å²) in [6.45, 7) is 0.731. The summed E-state index contributed by atoms with van der Waals surface area (Å²) in [6.07, 6.45) is 1.18. The highest BCUT2D eigenvalue weighted by atomic mass is 16.7. The molecule has 1 amide bonds. The van der Waals surface area contributed by atoms with Gasteiger partial charge in [0, 0.05) is 12.2 Å². The van der Waals surface area contributed by atoms with E-state index in [2.05, 4.69) is 5.32 Å². The van der Waals surface area contributed by atoms with Crippen LogP contribution in [0.3, 0.4) is 0 Å². The second-order valence-electron chi connectivity index (χ2n) is 4.71. The predicted molar refractivity (Wildman–Crippen MR) is 68.9 cm³/mol. The van der Waals surface area contributed by atoms with E-state index in [0.717, 1.165) is 6.42 Å². The topological polar surface area (TPSA) is 73.9 Å². The Labute approximate surface area is 116 Å². The molecule has 6 nitrogen and oxygen atoms in total. The minimum absolute atomic E-state index is 0.0433. The first-order valence-corrected chi connectivity index (χ1v) is 6.56. The molecule has 1 saturated heterocycles. The summed E-state index contributed by atoms with van der Waals surface area (Å²) in [5.41, 5.74) is 0.488. The summed E-state index contributed by atoms with van der Waals surface area (Å²) >= 11 is 0. The van der Waals surface area contributed by atoms with Crippen LogP contribution in [0.25, 0.3) is 0 Å². The fourth-order valence-corrected chi connectivity index (χ4v) is 2.24. The number of ketones is 1. The van der Waals surface area contributed by atoms with Crippen molar-refractivity contribution in [3.8, 4) is 11.5 Å². The van der Waals surface area contributed by atoms with Crippen LogP contribution in [0.1, 0.15) is 23.2 Å². The minimum atomic E-state index is -0.417. The lowest BCUT2D eigenvalue weighted by molar-refractivity contribution is -0.129. The van der Waals surface area contributed by atoms with Crippen molar-refractivity contribution < 1.29 is 23.8 Å². The average molecular weight is 277 g/mol. The van der Waals surface area contributed by atoms with Crippen LogP contribution in [0, 0.1) is 0 Å². The molecule has 6 heteroatoms. The number of rotatable bonds is 4. The molecule has 3 rings (SSSR count). The second kappa shape index (κ2) is 5.50. The van der Waals surface area contributed by atoms with E-state index < -0.39 is 6.10 Å². The molecule has 0 radical (unpaired) electrons. The normalized spacial score (nSPS) is 19.9. The molecule has 0 spiro atoms. The van der Waals surface area contributed by atoms with Gasteiger partial charge in [0.2, 0.25) is 12.7 Å². The van der Waals surface area contributed by atoms with Crippen molar-refractivity contribution in [1.29, 1.82) is 0 Å². The van der Waals surface area contributed by atoms with E-state index in [1.54, 1.807) is 18.2 Å². The highest BCUT2D eigenvalue weighted by Gasteiger charge is 2.24. The summed E-state index contributed by atoms with van der Waals surface area (Å²) < 4.78 is 15.6. The summed E-state index contributed by atoms with van der Waals surface area (Å²) in [5.74, 6) is 0.789. The number of amides is 1. The van der Waals surface area contributed by atoms with Crippen LogP contribution in [0.15, 0.2) is 18.2 Å². The molecule has 1 atom stereocenters. The van der Waals surface area contributed by atoms with Gasteiger partial charge in [0.05, 0.1) is 6.54 Å². The van der Waals surface area contributed by atoms with Gasteiger partial charge in [0.15, 0.2) is 17.3 Å². The molecule has 2 aliphatic heterocycles. The van der Waals surface area contributed by atoms with Crippen LogP contribution in [-0.4, -0.2) is 37.7 Å². The molecule has 1 aromatic carbocycles. The maximum Gasteiger partial charge on any atom is 0.249 e. The van der Waals surface area contributed by atoms with Gasteiger partial charge in [-0.2, -0.15) is 0 Å². The average Bonchev–Trinajstić information content (AvgIpc) is 3.13. The zero-order chi connectivity index (χ0) is 13.9. The van der Waals surface area contributed by atoms with E-state index in [9.17, 15) is 9.59 Å². The lowest BCUT2D eigenvalue weighted by atomic mass is 10.1. The first-order valence-electron chi connectivity index (χ1n) is 6.56. The molecule has 0 bridgehead atoms.